The summed E-state index contributed by atoms with van der Waals surface area (Å²) in [6.45, 7) is 10.8. The maximum atomic E-state index is 13.7. The van der Waals surface area contributed by atoms with Gasteiger partial charge in [0.05, 0.1) is 18.1 Å². The van der Waals surface area contributed by atoms with E-state index in [0.717, 1.165) is 11.1 Å². The van der Waals surface area contributed by atoms with Gasteiger partial charge in [-0.3, -0.25) is 9.69 Å². The molecule has 0 saturated carbocycles. The summed E-state index contributed by atoms with van der Waals surface area (Å²) in [6, 6.07) is 19.7. The molecule has 1 saturated heterocycles. The van der Waals surface area contributed by atoms with Crippen molar-refractivity contribution in [2.24, 2.45) is 11.8 Å². The monoisotopic (exact) mass is 452 g/mol. The first-order valence-electron chi connectivity index (χ1n) is 11.6. The number of carbonyl (C=O) groups excluding carboxylic acids is 2. The number of aliphatic hydroxyl groups excluding tert-OH is 1. The van der Waals surface area contributed by atoms with Crippen molar-refractivity contribution in [3.63, 3.8) is 0 Å². The number of carbonyl (C=O) groups is 2. The maximum absolute atomic E-state index is 13.7. The van der Waals surface area contributed by atoms with E-state index in [9.17, 15) is 14.7 Å². The number of hydrogen-bond acceptors (Lipinski definition) is 5. The number of rotatable bonds is 9. The second kappa shape index (κ2) is 10.5. The summed E-state index contributed by atoms with van der Waals surface area (Å²) >= 11 is 0. The minimum absolute atomic E-state index is 0.0230. The van der Waals surface area contributed by atoms with Crippen molar-refractivity contribution >= 4 is 12.0 Å². The molecule has 6 nitrogen and oxygen atoms in total. The fourth-order valence-electron chi connectivity index (χ4n) is 4.85. The Balaban J connectivity index is 1.87. The standard InChI is InChI=1S/C27H36N2O4/c1-19(2)24-27(4,5)33-26(32)29(24)25(31)23(20(3)30)18-28(16-21-12-8-6-9-13-21)17-22-14-10-7-11-15-22/h6-15,19-20,23-24,30H,16-18H2,1-5H3/t20-,23+,24+/m1/s1. The van der Waals surface area contributed by atoms with Crippen LogP contribution < -0.4 is 0 Å². The van der Waals surface area contributed by atoms with Gasteiger partial charge < -0.3 is 9.84 Å². The molecule has 1 fully saturated rings. The molecule has 0 aromatic heterocycles. The Morgan fingerprint density at radius 1 is 1.00 bits per heavy atom. The van der Waals surface area contributed by atoms with Crippen LogP contribution in [0.2, 0.25) is 0 Å². The smallest absolute Gasteiger partial charge is 0.417 e. The first-order valence-corrected chi connectivity index (χ1v) is 11.6. The van der Waals surface area contributed by atoms with Gasteiger partial charge in [0.15, 0.2) is 0 Å². The SMILES string of the molecule is CC(C)[C@@H]1N(C(=O)[C@@H](CN(Cc2ccccc2)Cc2ccccc2)[C@@H](C)O)C(=O)OC1(C)C. The summed E-state index contributed by atoms with van der Waals surface area (Å²) in [5.41, 5.74) is 1.46. The zero-order valence-corrected chi connectivity index (χ0v) is 20.3. The fourth-order valence-corrected chi connectivity index (χ4v) is 4.85. The molecule has 0 bridgehead atoms. The first kappa shape index (κ1) is 24.9. The average Bonchev–Trinajstić information content (AvgIpc) is 3.01. The molecule has 3 rings (SSSR count). The lowest BCUT2D eigenvalue weighted by Gasteiger charge is -2.35. The Morgan fingerprint density at radius 2 is 1.48 bits per heavy atom. The Labute approximate surface area is 197 Å². The molecule has 178 valence electrons. The lowest BCUT2D eigenvalue weighted by molar-refractivity contribution is -0.139. The summed E-state index contributed by atoms with van der Waals surface area (Å²) in [4.78, 5) is 29.8. The average molecular weight is 453 g/mol. The van der Waals surface area contributed by atoms with Crippen LogP contribution in [-0.4, -0.2) is 51.2 Å². The van der Waals surface area contributed by atoms with Crippen LogP contribution in [0.4, 0.5) is 4.79 Å². The number of nitrogens with zero attached hydrogens (tertiary/aromatic N) is 2. The van der Waals surface area contributed by atoms with Gasteiger partial charge in [-0.25, -0.2) is 9.69 Å². The van der Waals surface area contributed by atoms with E-state index in [2.05, 4.69) is 4.90 Å². The molecule has 0 aliphatic carbocycles. The molecule has 33 heavy (non-hydrogen) atoms. The van der Waals surface area contributed by atoms with E-state index in [-0.39, 0.29) is 11.8 Å². The van der Waals surface area contributed by atoms with Crippen LogP contribution in [0.3, 0.4) is 0 Å². The van der Waals surface area contributed by atoms with Gasteiger partial charge in [-0.2, -0.15) is 0 Å². The highest BCUT2D eigenvalue weighted by Crippen LogP contribution is 2.35. The number of hydrogen-bond donors (Lipinski definition) is 1. The van der Waals surface area contributed by atoms with Crippen LogP contribution in [0.5, 0.6) is 0 Å². The number of cyclic esters (lactones) is 1. The van der Waals surface area contributed by atoms with E-state index < -0.39 is 29.8 Å². The zero-order valence-electron chi connectivity index (χ0n) is 20.3. The van der Waals surface area contributed by atoms with Crippen LogP contribution >= 0.6 is 0 Å². The van der Waals surface area contributed by atoms with Crippen molar-refractivity contribution < 1.29 is 19.4 Å². The number of ether oxygens (including phenoxy) is 1. The van der Waals surface area contributed by atoms with Gasteiger partial charge in [0, 0.05) is 19.6 Å². The highest BCUT2D eigenvalue weighted by atomic mass is 16.6. The lowest BCUT2D eigenvalue weighted by atomic mass is 9.88. The second-order valence-corrected chi connectivity index (χ2v) is 9.86. The molecule has 2 aromatic carbocycles. The highest BCUT2D eigenvalue weighted by molar-refractivity contribution is 5.95. The van der Waals surface area contributed by atoms with Crippen LogP contribution in [0, 0.1) is 11.8 Å². The van der Waals surface area contributed by atoms with Crippen molar-refractivity contribution in [2.75, 3.05) is 6.54 Å². The maximum Gasteiger partial charge on any atom is 0.417 e. The molecule has 0 radical (unpaired) electrons. The van der Waals surface area contributed by atoms with Gasteiger partial charge in [0.1, 0.15) is 5.60 Å². The van der Waals surface area contributed by atoms with Gasteiger partial charge in [0.2, 0.25) is 5.91 Å². The van der Waals surface area contributed by atoms with Gasteiger partial charge in [-0.1, -0.05) is 74.5 Å². The van der Waals surface area contributed by atoms with E-state index in [1.165, 1.54) is 4.90 Å². The third-order valence-electron chi connectivity index (χ3n) is 6.26. The van der Waals surface area contributed by atoms with E-state index >= 15 is 0 Å². The molecule has 0 spiro atoms. The van der Waals surface area contributed by atoms with Crippen molar-refractivity contribution in [2.45, 2.75) is 65.5 Å². The molecule has 1 aliphatic heterocycles. The van der Waals surface area contributed by atoms with E-state index in [1.54, 1.807) is 6.92 Å². The van der Waals surface area contributed by atoms with Crippen molar-refractivity contribution in [3.05, 3.63) is 71.8 Å². The molecular formula is C27H36N2O4. The Morgan fingerprint density at radius 3 is 1.91 bits per heavy atom. The third kappa shape index (κ3) is 6.01. The summed E-state index contributed by atoms with van der Waals surface area (Å²) in [6.07, 6.45) is -1.55. The van der Waals surface area contributed by atoms with Crippen molar-refractivity contribution in [1.29, 1.82) is 0 Å². The Bertz CT molecular complexity index is 886. The number of amides is 2. The van der Waals surface area contributed by atoms with E-state index in [0.29, 0.717) is 19.6 Å². The molecule has 6 heteroatoms. The number of benzene rings is 2. The molecular weight excluding hydrogens is 416 g/mol. The minimum Gasteiger partial charge on any atom is -0.441 e. The quantitative estimate of drug-likeness (QED) is 0.608. The summed E-state index contributed by atoms with van der Waals surface area (Å²) < 4.78 is 5.55. The van der Waals surface area contributed by atoms with Gasteiger partial charge in [0.25, 0.3) is 0 Å². The van der Waals surface area contributed by atoms with Crippen molar-refractivity contribution in [1.82, 2.24) is 9.80 Å². The molecule has 3 atom stereocenters. The summed E-state index contributed by atoms with van der Waals surface area (Å²) in [7, 11) is 0. The number of imide groups is 1. The predicted molar refractivity (Wildman–Crippen MR) is 128 cm³/mol. The van der Waals surface area contributed by atoms with Crippen LogP contribution in [0.1, 0.15) is 45.7 Å². The zero-order chi connectivity index (χ0) is 24.2. The summed E-state index contributed by atoms with van der Waals surface area (Å²) in [5, 5.41) is 10.6. The molecule has 2 aromatic rings. The lowest BCUT2D eigenvalue weighted by Crippen LogP contribution is -2.53. The van der Waals surface area contributed by atoms with Crippen LogP contribution in [0.25, 0.3) is 0 Å². The fraction of sp³-hybridized carbons (Fsp3) is 0.481. The second-order valence-electron chi connectivity index (χ2n) is 9.86. The van der Waals surface area contributed by atoms with E-state index in [4.69, 9.17) is 4.74 Å². The third-order valence-corrected chi connectivity index (χ3v) is 6.26. The Hall–Kier alpha value is -2.70. The van der Waals surface area contributed by atoms with Gasteiger partial charge >= 0.3 is 6.09 Å². The molecule has 1 aliphatic rings. The largest absolute Gasteiger partial charge is 0.441 e. The molecule has 2 amide bonds. The van der Waals surface area contributed by atoms with E-state index in [1.807, 2.05) is 88.4 Å². The van der Waals surface area contributed by atoms with Crippen molar-refractivity contribution in [3.8, 4) is 0 Å². The molecule has 1 N–H and O–H groups in total. The van der Waals surface area contributed by atoms with Crippen LogP contribution in [-0.2, 0) is 22.6 Å². The molecule has 1 heterocycles. The van der Waals surface area contributed by atoms with Crippen LogP contribution in [0.15, 0.2) is 60.7 Å². The highest BCUT2D eigenvalue weighted by Gasteiger charge is 2.53. The summed E-state index contributed by atoms with van der Waals surface area (Å²) in [5.74, 6) is -1.12. The number of aliphatic hydroxyl groups is 1. The predicted octanol–water partition coefficient (Wildman–Crippen LogP) is 4.47. The first-order chi connectivity index (χ1) is 15.6. The van der Waals surface area contributed by atoms with Gasteiger partial charge in [-0.15, -0.1) is 0 Å². The normalized spacial score (nSPS) is 19.6. The Kier molecular flexibility index (Phi) is 7.92. The topological polar surface area (TPSA) is 70.1 Å². The minimum atomic E-state index is -0.920. The van der Waals surface area contributed by atoms with Gasteiger partial charge in [-0.05, 0) is 37.8 Å². The molecule has 0 unspecified atom stereocenters.